The number of aliphatic hydroxyl groups excluding tert-OH is 1. The van der Waals surface area contributed by atoms with Crippen LogP contribution in [0.2, 0.25) is 0 Å². The molecule has 84 valence electrons. The molecule has 0 radical (unpaired) electrons. The molecule has 2 N–H and O–H groups in total. The first kappa shape index (κ1) is 12.0. The van der Waals surface area contributed by atoms with Gasteiger partial charge in [-0.1, -0.05) is 0 Å². The molecule has 1 fully saturated rings. The van der Waals surface area contributed by atoms with Crippen LogP contribution in [-0.4, -0.2) is 48.8 Å². The maximum atomic E-state index is 9.30. The van der Waals surface area contributed by atoms with E-state index in [4.69, 9.17) is 0 Å². The third-order valence-electron chi connectivity index (χ3n) is 3.28. The minimum absolute atomic E-state index is 0.206. The highest BCUT2D eigenvalue weighted by atomic mass is 16.3. The van der Waals surface area contributed by atoms with E-state index in [0.717, 1.165) is 6.54 Å². The average molecular weight is 200 g/mol. The zero-order valence-corrected chi connectivity index (χ0v) is 9.66. The Balaban J connectivity index is 2.26. The Morgan fingerprint density at radius 3 is 2.36 bits per heavy atom. The van der Waals surface area contributed by atoms with Gasteiger partial charge in [-0.3, -0.25) is 0 Å². The molecule has 0 spiro atoms. The Kier molecular flexibility index (Phi) is 4.85. The molecular weight excluding hydrogens is 176 g/mol. The maximum absolute atomic E-state index is 9.30. The van der Waals surface area contributed by atoms with Gasteiger partial charge in [0.05, 0.1) is 6.10 Å². The van der Waals surface area contributed by atoms with Gasteiger partial charge in [-0.25, -0.2) is 0 Å². The van der Waals surface area contributed by atoms with Crippen molar-refractivity contribution in [3.63, 3.8) is 0 Å². The fourth-order valence-corrected chi connectivity index (χ4v) is 2.37. The highest BCUT2D eigenvalue weighted by Crippen LogP contribution is 2.22. The molecule has 1 atom stereocenters. The van der Waals surface area contributed by atoms with Crippen LogP contribution in [0.25, 0.3) is 0 Å². The van der Waals surface area contributed by atoms with Crippen LogP contribution in [0.4, 0.5) is 0 Å². The molecule has 0 aromatic heterocycles. The van der Waals surface area contributed by atoms with Crippen LogP contribution >= 0.6 is 0 Å². The zero-order chi connectivity index (χ0) is 10.6. The zero-order valence-electron chi connectivity index (χ0n) is 9.66. The lowest BCUT2D eigenvalue weighted by molar-refractivity contribution is 0.0982. The number of aliphatic hydroxyl groups is 1. The van der Waals surface area contributed by atoms with Gasteiger partial charge < -0.3 is 15.3 Å². The second kappa shape index (κ2) is 5.69. The molecule has 3 heteroatoms. The summed E-state index contributed by atoms with van der Waals surface area (Å²) in [6.45, 7) is 2.66. The van der Waals surface area contributed by atoms with Gasteiger partial charge in [0.2, 0.25) is 0 Å². The molecule has 0 heterocycles. The number of likely N-dealkylation sites (N-methyl/N-ethyl adjacent to an activating group) is 1. The summed E-state index contributed by atoms with van der Waals surface area (Å²) >= 11 is 0. The van der Waals surface area contributed by atoms with E-state index >= 15 is 0 Å². The summed E-state index contributed by atoms with van der Waals surface area (Å²) in [5, 5.41) is 12.6. The molecule has 0 unspecified atom stereocenters. The Morgan fingerprint density at radius 1 is 1.36 bits per heavy atom. The van der Waals surface area contributed by atoms with Gasteiger partial charge in [-0.2, -0.15) is 0 Å². The first-order chi connectivity index (χ1) is 6.63. The van der Waals surface area contributed by atoms with Crippen molar-refractivity contribution >= 4 is 0 Å². The molecule has 0 aromatic carbocycles. The largest absolute Gasteiger partial charge is 0.392 e. The summed E-state index contributed by atoms with van der Waals surface area (Å²) in [4.78, 5) is 2.30. The van der Waals surface area contributed by atoms with Crippen LogP contribution in [0.5, 0.6) is 0 Å². The minimum atomic E-state index is -0.206. The maximum Gasteiger partial charge on any atom is 0.0639 e. The summed E-state index contributed by atoms with van der Waals surface area (Å²) in [6.07, 6.45) is 4.85. The molecule has 1 rings (SSSR count). The molecule has 3 nitrogen and oxygen atoms in total. The van der Waals surface area contributed by atoms with Gasteiger partial charge in [0.25, 0.3) is 0 Å². The predicted octanol–water partition coefficient (Wildman–Crippen LogP) is 0.830. The van der Waals surface area contributed by atoms with Gasteiger partial charge in [0.15, 0.2) is 0 Å². The third-order valence-corrected chi connectivity index (χ3v) is 3.28. The van der Waals surface area contributed by atoms with Crippen LogP contribution in [-0.2, 0) is 0 Å². The molecule has 0 saturated heterocycles. The van der Waals surface area contributed by atoms with Crippen molar-refractivity contribution in [1.29, 1.82) is 0 Å². The highest BCUT2D eigenvalue weighted by molar-refractivity contribution is 4.81. The molecule has 0 aromatic rings. The monoisotopic (exact) mass is 200 g/mol. The van der Waals surface area contributed by atoms with E-state index < -0.39 is 0 Å². The molecule has 0 aliphatic heterocycles. The van der Waals surface area contributed by atoms with E-state index in [9.17, 15) is 5.11 Å². The van der Waals surface area contributed by atoms with Crippen LogP contribution < -0.4 is 5.32 Å². The second-order valence-electron chi connectivity index (χ2n) is 4.58. The predicted molar refractivity (Wildman–Crippen MR) is 59.4 cm³/mol. The van der Waals surface area contributed by atoms with E-state index in [1.165, 1.54) is 25.7 Å². The van der Waals surface area contributed by atoms with Crippen LogP contribution in [0, 0.1) is 0 Å². The first-order valence-corrected chi connectivity index (χ1v) is 5.69. The number of hydrogen-bond acceptors (Lipinski definition) is 3. The van der Waals surface area contributed by atoms with Crippen molar-refractivity contribution in [1.82, 2.24) is 10.2 Å². The number of rotatable bonds is 4. The summed E-state index contributed by atoms with van der Waals surface area (Å²) < 4.78 is 0. The van der Waals surface area contributed by atoms with Crippen LogP contribution in [0.15, 0.2) is 0 Å². The Hall–Kier alpha value is -0.120. The fourth-order valence-electron chi connectivity index (χ4n) is 2.37. The van der Waals surface area contributed by atoms with Gasteiger partial charge in [-0.05, 0) is 46.7 Å². The summed E-state index contributed by atoms with van der Waals surface area (Å²) in [7, 11) is 4.17. The SMILES string of the molecule is CNC1CCC(N(C)C[C@H](C)O)CC1. The summed E-state index contributed by atoms with van der Waals surface area (Å²) in [6, 6.07) is 1.39. The van der Waals surface area contributed by atoms with Crippen molar-refractivity contribution < 1.29 is 5.11 Å². The minimum Gasteiger partial charge on any atom is -0.392 e. The number of nitrogens with one attached hydrogen (secondary N) is 1. The molecule has 1 aliphatic carbocycles. The van der Waals surface area contributed by atoms with E-state index in [-0.39, 0.29) is 6.10 Å². The Morgan fingerprint density at radius 2 is 1.93 bits per heavy atom. The van der Waals surface area contributed by atoms with E-state index in [0.29, 0.717) is 12.1 Å². The lowest BCUT2D eigenvalue weighted by Crippen LogP contribution is -2.42. The molecule has 1 saturated carbocycles. The summed E-state index contributed by atoms with van der Waals surface area (Å²) in [5.41, 5.74) is 0. The average Bonchev–Trinajstić information content (AvgIpc) is 2.17. The second-order valence-corrected chi connectivity index (χ2v) is 4.58. The third kappa shape index (κ3) is 3.56. The van der Waals surface area contributed by atoms with Crippen molar-refractivity contribution in [2.45, 2.75) is 50.8 Å². The van der Waals surface area contributed by atoms with Crippen molar-refractivity contribution in [2.24, 2.45) is 0 Å². The van der Waals surface area contributed by atoms with Gasteiger partial charge in [0.1, 0.15) is 0 Å². The van der Waals surface area contributed by atoms with Gasteiger partial charge >= 0.3 is 0 Å². The Labute approximate surface area is 87.5 Å². The smallest absolute Gasteiger partial charge is 0.0639 e. The van der Waals surface area contributed by atoms with Crippen molar-refractivity contribution in [2.75, 3.05) is 20.6 Å². The van der Waals surface area contributed by atoms with Gasteiger partial charge in [0, 0.05) is 18.6 Å². The topological polar surface area (TPSA) is 35.5 Å². The van der Waals surface area contributed by atoms with Crippen molar-refractivity contribution in [3.05, 3.63) is 0 Å². The fraction of sp³-hybridized carbons (Fsp3) is 1.00. The summed E-state index contributed by atoms with van der Waals surface area (Å²) in [5.74, 6) is 0. The van der Waals surface area contributed by atoms with Gasteiger partial charge in [-0.15, -0.1) is 0 Å². The van der Waals surface area contributed by atoms with E-state index in [1.807, 2.05) is 14.0 Å². The molecule has 0 bridgehead atoms. The van der Waals surface area contributed by atoms with Crippen LogP contribution in [0.1, 0.15) is 32.6 Å². The number of hydrogen-bond donors (Lipinski definition) is 2. The lowest BCUT2D eigenvalue weighted by Gasteiger charge is -2.35. The Bertz CT molecular complexity index is 153. The highest BCUT2D eigenvalue weighted by Gasteiger charge is 2.23. The van der Waals surface area contributed by atoms with E-state index in [2.05, 4.69) is 17.3 Å². The van der Waals surface area contributed by atoms with E-state index in [1.54, 1.807) is 0 Å². The molecule has 0 amide bonds. The molecular formula is C11H24N2O. The number of nitrogens with zero attached hydrogens (tertiary/aromatic N) is 1. The van der Waals surface area contributed by atoms with Crippen LogP contribution in [0.3, 0.4) is 0 Å². The lowest BCUT2D eigenvalue weighted by atomic mass is 9.90. The molecule has 14 heavy (non-hydrogen) atoms. The standard InChI is InChI=1S/C11H24N2O/c1-9(14)8-13(3)11-6-4-10(12-2)5-7-11/h9-12,14H,4-8H2,1-3H3/t9-,10?,11?/m0/s1. The molecule has 1 aliphatic rings. The quantitative estimate of drug-likeness (QED) is 0.705. The normalized spacial score (nSPS) is 30.6. The van der Waals surface area contributed by atoms with Crippen molar-refractivity contribution in [3.8, 4) is 0 Å². The first-order valence-electron chi connectivity index (χ1n) is 5.69.